The second-order valence-corrected chi connectivity index (χ2v) is 5.10. The lowest BCUT2D eigenvalue weighted by Crippen LogP contribution is -2.45. The zero-order chi connectivity index (χ0) is 14.4. The third-order valence-corrected chi connectivity index (χ3v) is 3.70. The van der Waals surface area contributed by atoms with Gasteiger partial charge in [-0.3, -0.25) is 9.78 Å². The van der Waals surface area contributed by atoms with Gasteiger partial charge in [-0.2, -0.15) is 0 Å². The quantitative estimate of drug-likeness (QED) is 0.890. The summed E-state index contributed by atoms with van der Waals surface area (Å²) in [5.74, 6) is 0.585. The van der Waals surface area contributed by atoms with E-state index < -0.39 is 0 Å². The minimum absolute atomic E-state index is 0.0400. The highest BCUT2D eigenvalue weighted by atomic mass is 16.5. The standard InChI is InChI=1S/C15H23N3O2/c1-3-7-17-12-5-9-18(10-6-12)15(19)13-4-8-16-11-14(13)20-2/h4,8,11-12,17H,3,5-7,9-10H2,1-2H3. The number of piperidine rings is 1. The molecule has 1 aliphatic rings. The maximum atomic E-state index is 12.5. The number of pyridine rings is 1. The molecule has 20 heavy (non-hydrogen) atoms. The molecule has 110 valence electrons. The predicted octanol–water partition coefficient (Wildman–Crippen LogP) is 1.69. The number of aromatic nitrogens is 1. The number of hydrogen-bond acceptors (Lipinski definition) is 4. The molecular weight excluding hydrogens is 254 g/mol. The van der Waals surface area contributed by atoms with Gasteiger partial charge in [0.15, 0.2) is 0 Å². The van der Waals surface area contributed by atoms with Gasteiger partial charge in [0.2, 0.25) is 0 Å². The summed E-state index contributed by atoms with van der Waals surface area (Å²) in [7, 11) is 1.56. The fourth-order valence-corrected chi connectivity index (χ4v) is 2.52. The van der Waals surface area contributed by atoms with Crippen molar-refractivity contribution in [2.45, 2.75) is 32.2 Å². The second-order valence-electron chi connectivity index (χ2n) is 5.10. The second kappa shape index (κ2) is 7.24. The lowest BCUT2D eigenvalue weighted by molar-refractivity contribution is 0.0702. The Labute approximate surface area is 120 Å². The van der Waals surface area contributed by atoms with E-state index >= 15 is 0 Å². The van der Waals surface area contributed by atoms with Gasteiger partial charge in [-0.25, -0.2) is 0 Å². The number of nitrogens with one attached hydrogen (secondary N) is 1. The van der Waals surface area contributed by atoms with Crippen LogP contribution in [0.2, 0.25) is 0 Å². The van der Waals surface area contributed by atoms with Crippen LogP contribution in [0.4, 0.5) is 0 Å². The lowest BCUT2D eigenvalue weighted by Gasteiger charge is -2.32. The Morgan fingerprint density at radius 3 is 2.90 bits per heavy atom. The fourth-order valence-electron chi connectivity index (χ4n) is 2.52. The molecule has 1 aromatic heterocycles. The summed E-state index contributed by atoms with van der Waals surface area (Å²) in [6.07, 6.45) is 6.39. The van der Waals surface area contributed by atoms with Crippen LogP contribution in [0, 0.1) is 0 Å². The first-order valence-electron chi connectivity index (χ1n) is 7.27. The smallest absolute Gasteiger partial charge is 0.257 e. The van der Waals surface area contributed by atoms with E-state index in [2.05, 4.69) is 17.2 Å². The monoisotopic (exact) mass is 277 g/mol. The largest absolute Gasteiger partial charge is 0.494 e. The molecule has 0 spiro atoms. The van der Waals surface area contributed by atoms with Crippen molar-refractivity contribution in [3.05, 3.63) is 24.0 Å². The molecule has 0 saturated carbocycles. The maximum absolute atomic E-state index is 12.5. The first kappa shape index (κ1) is 14.8. The zero-order valence-corrected chi connectivity index (χ0v) is 12.3. The summed E-state index contributed by atoms with van der Waals surface area (Å²) >= 11 is 0. The normalized spacial score (nSPS) is 16.2. The van der Waals surface area contributed by atoms with Gasteiger partial charge in [-0.1, -0.05) is 6.92 Å². The minimum atomic E-state index is 0.0400. The molecular formula is C15H23N3O2. The molecule has 0 bridgehead atoms. The Morgan fingerprint density at radius 1 is 1.50 bits per heavy atom. The molecule has 5 nitrogen and oxygen atoms in total. The van der Waals surface area contributed by atoms with Crippen molar-refractivity contribution >= 4 is 5.91 Å². The molecule has 2 heterocycles. The van der Waals surface area contributed by atoms with E-state index in [0.717, 1.165) is 38.9 Å². The molecule has 0 aliphatic carbocycles. The van der Waals surface area contributed by atoms with Crippen molar-refractivity contribution in [1.29, 1.82) is 0 Å². The number of methoxy groups -OCH3 is 1. The summed E-state index contributed by atoms with van der Waals surface area (Å²) in [4.78, 5) is 18.4. The summed E-state index contributed by atoms with van der Waals surface area (Å²) in [6.45, 7) is 4.82. The molecule has 1 saturated heterocycles. The number of carbonyl (C=O) groups excluding carboxylic acids is 1. The van der Waals surface area contributed by atoms with E-state index in [-0.39, 0.29) is 5.91 Å². The van der Waals surface area contributed by atoms with Gasteiger partial charge in [0.1, 0.15) is 5.75 Å². The van der Waals surface area contributed by atoms with Gasteiger partial charge in [-0.05, 0) is 31.9 Å². The van der Waals surface area contributed by atoms with Crippen LogP contribution in [0.15, 0.2) is 18.5 Å². The van der Waals surface area contributed by atoms with Crippen LogP contribution in [0.25, 0.3) is 0 Å². The minimum Gasteiger partial charge on any atom is -0.494 e. The number of hydrogen-bond donors (Lipinski definition) is 1. The fraction of sp³-hybridized carbons (Fsp3) is 0.600. The highest BCUT2D eigenvalue weighted by molar-refractivity contribution is 5.96. The molecule has 2 rings (SSSR count). The van der Waals surface area contributed by atoms with Crippen LogP contribution in [-0.2, 0) is 0 Å². The first-order chi connectivity index (χ1) is 9.76. The van der Waals surface area contributed by atoms with Crippen molar-refractivity contribution in [2.75, 3.05) is 26.7 Å². The van der Waals surface area contributed by atoms with E-state index in [9.17, 15) is 4.79 Å². The topological polar surface area (TPSA) is 54.5 Å². The Hall–Kier alpha value is -1.62. The van der Waals surface area contributed by atoms with Gasteiger partial charge in [0.25, 0.3) is 5.91 Å². The number of amides is 1. The zero-order valence-electron chi connectivity index (χ0n) is 12.3. The summed E-state index contributed by atoms with van der Waals surface area (Å²) in [5.41, 5.74) is 0.600. The number of rotatable bonds is 5. The lowest BCUT2D eigenvalue weighted by atomic mass is 10.0. The molecule has 0 aromatic carbocycles. The SMILES string of the molecule is CCCNC1CCN(C(=O)c2ccncc2OC)CC1. The van der Waals surface area contributed by atoms with E-state index in [1.54, 1.807) is 25.6 Å². The number of nitrogens with zero attached hydrogens (tertiary/aromatic N) is 2. The van der Waals surface area contributed by atoms with E-state index in [1.165, 1.54) is 0 Å². The maximum Gasteiger partial charge on any atom is 0.257 e. The van der Waals surface area contributed by atoms with Gasteiger partial charge >= 0.3 is 0 Å². The Morgan fingerprint density at radius 2 is 2.25 bits per heavy atom. The van der Waals surface area contributed by atoms with Crippen LogP contribution in [0.3, 0.4) is 0 Å². The van der Waals surface area contributed by atoms with Crippen molar-refractivity contribution in [2.24, 2.45) is 0 Å². The summed E-state index contributed by atoms with van der Waals surface area (Å²) in [5, 5.41) is 3.52. The van der Waals surface area contributed by atoms with Gasteiger partial charge in [-0.15, -0.1) is 0 Å². The number of likely N-dealkylation sites (tertiary alicyclic amines) is 1. The third-order valence-electron chi connectivity index (χ3n) is 3.70. The number of ether oxygens (including phenoxy) is 1. The van der Waals surface area contributed by atoms with Crippen molar-refractivity contribution in [3.8, 4) is 5.75 Å². The summed E-state index contributed by atoms with van der Waals surface area (Å²) in [6, 6.07) is 2.26. The Kier molecular flexibility index (Phi) is 5.35. The summed E-state index contributed by atoms with van der Waals surface area (Å²) < 4.78 is 5.21. The molecule has 0 unspecified atom stereocenters. The van der Waals surface area contributed by atoms with E-state index in [0.29, 0.717) is 17.4 Å². The van der Waals surface area contributed by atoms with Gasteiger partial charge in [0.05, 0.1) is 18.9 Å². The number of carbonyl (C=O) groups is 1. The van der Waals surface area contributed by atoms with Crippen LogP contribution in [0.5, 0.6) is 5.75 Å². The highest BCUT2D eigenvalue weighted by Crippen LogP contribution is 2.20. The molecule has 1 aromatic rings. The first-order valence-corrected chi connectivity index (χ1v) is 7.27. The van der Waals surface area contributed by atoms with Crippen LogP contribution in [0.1, 0.15) is 36.5 Å². The van der Waals surface area contributed by atoms with Crippen LogP contribution < -0.4 is 10.1 Å². The molecule has 1 N–H and O–H groups in total. The van der Waals surface area contributed by atoms with Gasteiger partial charge in [0, 0.05) is 25.3 Å². The Balaban J connectivity index is 1.94. The van der Waals surface area contributed by atoms with Crippen molar-refractivity contribution in [3.63, 3.8) is 0 Å². The average molecular weight is 277 g/mol. The molecule has 1 fully saturated rings. The predicted molar refractivity (Wildman–Crippen MR) is 78.0 cm³/mol. The Bertz CT molecular complexity index is 442. The third kappa shape index (κ3) is 3.48. The molecule has 0 radical (unpaired) electrons. The molecule has 1 aliphatic heterocycles. The van der Waals surface area contributed by atoms with E-state index in [1.807, 2.05) is 4.90 Å². The highest BCUT2D eigenvalue weighted by Gasteiger charge is 2.24. The van der Waals surface area contributed by atoms with Crippen LogP contribution >= 0.6 is 0 Å². The molecule has 1 amide bonds. The van der Waals surface area contributed by atoms with E-state index in [4.69, 9.17) is 4.74 Å². The molecule has 0 atom stereocenters. The molecule has 5 heteroatoms. The van der Waals surface area contributed by atoms with Gasteiger partial charge < -0.3 is 15.0 Å². The van der Waals surface area contributed by atoms with Crippen molar-refractivity contribution in [1.82, 2.24) is 15.2 Å². The average Bonchev–Trinajstić information content (AvgIpc) is 2.52. The van der Waals surface area contributed by atoms with Crippen molar-refractivity contribution < 1.29 is 9.53 Å². The van der Waals surface area contributed by atoms with Crippen LogP contribution in [-0.4, -0.2) is 48.6 Å².